The van der Waals surface area contributed by atoms with Gasteiger partial charge in [0.15, 0.2) is 0 Å². The van der Waals surface area contributed by atoms with E-state index in [0.29, 0.717) is 32.5 Å². The van der Waals surface area contributed by atoms with Crippen LogP contribution in [0.15, 0.2) is 0 Å². The summed E-state index contributed by atoms with van der Waals surface area (Å²) in [6.07, 6.45) is 2.70. The number of hydrogen-bond acceptors (Lipinski definition) is 5. The van der Waals surface area contributed by atoms with E-state index in [-0.39, 0.29) is 30.5 Å². The van der Waals surface area contributed by atoms with Crippen LogP contribution in [0.25, 0.3) is 0 Å². The van der Waals surface area contributed by atoms with Gasteiger partial charge < -0.3 is 9.84 Å². The second kappa shape index (κ2) is 6.60. The summed E-state index contributed by atoms with van der Waals surface area (Å²) in [7, 11) is -3.53. The Morgan fingerprint density at radius 1 is 1.38 bits per heavy atom. The normalized spacial score (nSPS) is 23.0. The first-order chi connectivity index (χ1) is 9.92. The van der Waals surface area contributed by atoms with Crippen LogP contribution in [-0.4, -0.2) is 56.6 Å². The van der Waals surface area contributed by atoms with Gasteiger partial charge in [-0.2, -0.15) is 12.7 Å². The number of nitrogens with one attached hydrogen (secondary N) is 1. The highest BCUT2D eigenvalue weighted by Crippen LogP contribution is 2.44. The van der Waals surface area contributed by atoms with Gasteiger partial charge in [-0.25, -0.2) is 4.72 Å². The number of carbonyl (C=O) groups excluding carboxylic acids is 1. The minimum atomic E-state index is -3.53. The number of piperidine rings is 1. The maximum absolute atomic E-state index is 12.2. The van der Waals surface area contributed by atoms with Crippen LogP contribution in [0.4, 0.5) is 0 Å². The number of aliphatic hydroxyl groups is 1. The summed E-state index contributed by atoms with van der Waals surface area (Å²) in [5.41, 5.74) is -0.254. The summed E-state index contributed by atoms with van der Waals surface area (Å²) in [5.74, 6) is -0.441. The van der Waals surface area contributed by atoms with Crippen molar-refractivity contribution < 1.29 is 23.1 Å². The number of carbonyl (C=O) groups is 1. The van der Waals surface area contributed by atoms with Crippen LogP contribution in [0.3, 0.4) is 0 Å². The van der Waals surface area contributed by atoms with Crippen molar-refractivity contribution in [2.45, 2.75) is 32.6 Å². The van der Waals surface area contributed by atoms with Crippen LogP contribution in [0.1, 0.15) is 32.6 Å². The van der Waals surface area contributed by atoms with E-state index in [9.17, 15) is 18.3 Å². The first-order valence-corrected chi connectivity index (χ1v) is 8.89. The Hall–Kier alpha value is -0.700. The predicted molar refractivity (Wildman–Crippen MR) is 76.6 cm³/mol. The minimum absolute atomic E-state index is 0.0143. The van der Waals surface area contributed by atoms with Crippen LogP contribution >= 0.6 is 0 Å². The maximum atomic E-state index is 12.2. The van der Waals surface area contributed by atoms with Crippen LogP contribution in [0, 0.1) is 11.3 Å². The van der Waals surface area contributed by atoms with Gasteiger partial charge in [-0.3, -0.25) is 4.79 Å². The van der Waals surface area contributed by atoms with Crippen molar-refractivity contribution in [2.75, 3.05) is 32.8 Å². The van der Waals surface area contributed by atoms with Gasteiger partial charge in [0, 0.05) is 31.7 Å². The summed E-state index contributed by atoms with van der Waals surface area (Å²) < 4.78 is 33.3. The second-order valence-electron chi connectivity index (χ2n) is 5.91. The molecule has 21 heavy (non-hydrogen) atoms. The lowest BCUT2D eigenvalue weighted by Gasteiger charge is -2.30. The molecule has 1 aliphatic carbocycles. The molecule has 2 N–H and O–H groups in total. The Morgan fingerprint density at radius 2 is 2.00 bits per heavy atom. The van der Waals surface area contributed by atoms with Gasteiger partial charge in [0.05, 0.1) is 12.5 Å². The highest BCUT2D eigenvalue weighted by atomic mass is 32.2. The Balaban J connectivity index is 1.81. The van der Waals surface area contributed by atoms with Crippen molar-refractivity contribution >= 4 is 16.2 Å². The molecule has 122 valence electrons. The first-order valence-electron chi connectivity index (χ1n) is 7.45. The summed E-state index contributed by atoms with van der Waals surface area (Å²) in [5, 5.41) is 9.21. The zero-order chi connectivity index (χ0) is 15.5. The Bertz CT molecular complexity index is 467. The van der Waals surface area contributed by atoms with Gasteiger partial charge >= 0.3 is 5.97 Å². The largest absolute Gasteiger partial charge is 0.466 e. The fourth-order valence-corrected chi connectivity index (χ4v) is 3.86. The predicted octanol–water partition coefficient (Wildman–Crippen LogP) is -0.132. The molecule has 0 bridgehead atoms. The van der Waals surface area contributed by atoms with E-state index < -0.39 is 10.2 Å². The summed E-state index contributed by atoms with van der Waals surface area (Å²) >= 11 is 0. The van der Waals surface area contributed by atoms with Crippen LogP contribution in [0.2, 0.25) is 0 Å². The van der Waals surface area contributed by atoms with Gasteiger partial charge in [-0.1, -0.05) is 0 Å². The van der Waals surface area contributed by atoms with Crippen LogP contribution in [-0.2, 0) is 19.7 Å². The van der Waals surface area contributed by atoms with Gasteiger partial charge in [0.25, 0.3) is 10.2 Å². The van der Waals surface area contributed by atoms with Crippen molar-refractivity contribution in [1.29, 1.82) is 0 Å². The average molecular weight is 320 g/mol. The van der Waals surface area contributed by atoms with Gasteiger partial charge in [0.2, 0.25) is 0 Å². The molecule has 0 spiro atoms. The third kappa shape index (κ3) is 4.15. The third-order valence-corrected chi connectivity index (χ3v) is 5.89. The van der Waals surface area contributed by atoms with Crippen molar-refractivity contribution in [1.82, 2.24) is 9.03 Å². The third-order valence-electron chi connectivity index (χ3n) is 4.34. The topological polar surface area (TPSA) is 95.9 Å². The molecular weight excluding hydrogens is 296 g/mol. The van der Waals surface area contributed by atoms with Crippen molar-refractivity contribution in [3.05, 3.63) is 0 Å². The highest BCUT2D eigenvalue weighted by molar-refractivity contribution is 7.87. The van der Waals surface area contributed by atoms with E-state index >= 15 is 0 Å². The number of esters is 1. The molecule has 0 aromatic carbocycles. The number of ether oxygens (including phenoxy) is 1. The Morgan fingerprint density at radius 3 is 2.48 bits per heavy atom. The molecule has 8 heteroatoms. The molecule has 0 amide bonds. The Labute approximate surface area is 125 Å². The SMILES string of the molecule is CCOC(=O)C1CCN(S(=O)(=O)NCC2(CO)CC2)CC1. The zero-order valence-electron chi connectivity index (χ0n) is 12.4. The van der Waals surface area contributed by atoms with E-state index in [4.69, 9.17) is 4.74 Å². The Kier molecular flexibility index (Phi) is 5.24. The summed E-state index contributed by atoms with van der Waals surface area (Å²) in [6, 6.07) is 0. The molecule has 2 fully saturated rings. The molecule has 0 unspecified atom stereocenters. The quantitative estimate of drug-likeness (QED) is 0.637. The zero-order valence-corrected chi connectivity index (χ0v) is 13.2. The fourth-order valence-electron chi connectivity index (χ4n) is 2.50. The monoisotopic (exact) mass is 320 g/mol. The van der Waals surface area contributed by atoms with Crippen LogP contribution in [0.5, 0.6) is 0 Å². The molecule has 1 aliphatic heterocycles. The molecule has 1 saturated heterocycles. The summed E-state index contributed by atoms with van der Waals surface area (Å²) in [6.45, 7) is 3.05. The van der Waals surface area contributed by atoms with E-state index in [0.717, 1.165) is 12.8 Å². The molecule has 2 rings (SSSR count). The number of hydrogen-bond donors (Lipinski definition) is 2. The summed E-state index contributed by atoms with van der Waals surface area (Å²) in [4.78, 5) is 11.6. The molecular formula is C13H24N2O5S. The molecule has 1 saturated carbocycles. The fraction of sp³-hybridized carbons (Fsp3) is 0.923. The second-order valence-corrected chi connectivity index (χ2v) is 7.66. The van der Waals surface area contributed by atoms with Crippen molar-refractivity contribution in [3.8, 4) is 0 Å². The molecule has 0 aromatic heterocycles. The first kappa shape index (κ1) is 16.7. The van der Waals surface area contributed by atoms with Crippen molar-refractivity contribution in [2.24, 2.45) is 11.3 Å². The van der Waals surface area contributed by atoms with Crippen molar-refractivity contribution in [3.63, 3.8) is 0 Å². The number of aliphatic hydroxyl groups excluding tert-OH is 1. The van der Waals surface area contributed by atoms with E-state index in [1.807, 2.05) is 0 Å². The number of nitrogens with zero attached hydrogens (tertiary/aromatic N) is 1. The molecule has 1 heterocycles. The van der Waals surface area contributed by atoms with E-state index in [1.165, 1.54) is 4.31 Å². The lowest BCUT2D eigenvalue weighted by Crippen LogP contribution is -2.47. The molecule has 0 atom stereocenters. The molecule has 0 radical (unpaired) electrons. The molecule has 2 aliphatic rings. The van der Waals surface area contributed by atoms with E-state index in [2.05, 4.69) is 4.72 Å². The maximum Gasteiger partial charge on any atom is 0.309 e. The number of rotatable bonds is 7. The lowest BCUT2D eigenvalue weighted by atomic mass is 9.98. The molecule has 7 nitrogen and oxygen atoms in total. The van der Waals surface area contributed by atoms with Gasteiger partial charge in [0.1, 0.15) is 0 Å². The standard InChI is InChI=1S/C13H24N2O5S/c1-2-20-12(17)11-3-7-15(8-4-11)21(18,19)14-9-13(10-16)5-6-13/h11,14,16H,2-10H2,1H3. The lowest BCUT2D eigenvalue weighted by molar-refractivity contribution is -0.149. The average Bonchev–Trinajstić information content (AvgIpc) is 3.26. The molecule has 0 aromatic rings. The van der Waals surface area contributed by atoms with Gasteiger partial charge in [-0.05, 0) is 32.6 Å². The van der Waals surface area contributed by atoms with Crippen LogP contribution < -0.4 is 4.72 Å². The smallest absolute Gasteiger partial charge is 0.309 e. The minimum Gasteiger partial charge on any atom is -0.466 e. The highest BCUT2D eigenvalue weighted by Gasteiger charge is 2.43. The van der Waals surface area contributed by atoms with Gasteiger partial charge in [-0.15, -0.1) is 0 Å². The van der Waals surface area contributed by atoms with E-state index in [1.54, 1.807) is 6.92 Å².